The zero-order chi connectivity index (χ0) is 19.6. The van der Waals surface area contributed by atoms with E-state index in [0.29, 0.717) is 5.69 Å². The molecule has 1 atom stereocenters. The SMILES string of the molecule is Cc1ccc(N2C[C@@H](C(=O)NNC(=O)c3c(F)cccc3F)CC2=O)cc1. The number of nitrogens with one attached hydrogen (secondary N) is 2. The van der Waals surface area contributed by atoms with Crippen LogP contribution in [-0.2, 0) is 9.59 Å². The van der Waals surface area contributed by atoms with Gasteiger partial charge in [-0.1, -0.05) is 23.8 Å². The van der Waals surface area contributed by atoms with Crippen molar-refractivity contribution in [1.29, 1.82) is 0 Å². The zero-order valence-corrected chi connectivity index (χ0v) is 14.5. The lowest BCUT2D eigenvalue weighted by Gasteiger charge is -2.17. The van der Waals surface area contributed by atoms with Gasteiger partial charge in [0.15, 0.2) is 0 Å². The minimum atomic E-state index is -1.11. The number of halogens is 2. The van der Waals surface area contributed by atoms with Gasteiger partial charge in [0, 0.05) is 18.7 Å². The Morgan fingerprint density at radius 2 is 1.67 bits per heavy atom. The van der Waals surface area contributed by atoms with Crippen molar-refractivity contribution in [3.05, 3.63) is 65.2 Å². The Bertz CT molecular complexity index is 879. The molecule has 0 aromatic heterocycles. The van der Waals surface area contributed by atoms with Gasteiger partial charge in [0.1, 0.15) is 17.2 Å². The summed E-state index contributed by atoms with van der Waals surface area (Å²) in [6.07, 6.45) is -0.0242. The molecule has 2 N–H and O–H groups in total. The summed E-state index contributed by atoms with van der Waals surface area (Å²) in [5, 5.41) is 0. The second-order valence-electron chi connectivity index (χ2n) is 6.28. The molecule has 2 aromatic carbocycles. The fraction of sp³-hybridized carbons (Fsp3) is 0.211. The molecule has 2 aromatic rings. The Morgan fingerprint density at radius 1 is 1.04 bits per heavy atom. The Kier molecular flexibility index (Phi) is 5.16. The second-order valence-corrected chi connectivity index (χ2v) is 6.28. The van der Waals surface area contributed by atoms with Gasteiger partial charge in [0.05, 0.1) is 5.92 Å². The molecule has 27 heavy (non-hydrogen) atoms. The van der Waals surface area contributed by atoms with Crippen molar-refractivity contribution in [2.24, 2.45) is 5.92 Å². The van der Waals surface area contributed by atoms with Crippen LogP contribution in [0.1, 0.15) is 22.3 Å². The van der Waals surface area contributed by atoms with Gasteiger partial charge in [-0.05, 0) is 31.2 Å². The van der Waals surface area contributed by atoms with Gasteiger partial charge >= 0.3 is 0 Å². The van der Waals surface area contributed by atoms with E-state index in [2.05, 4.69) is 5.43 Å². The first-order valence-corrected chi connectivity index (χ1v) is 8.28. The standard InChI is InChI=1S/C19H17F2N3O3/c1-11-5-7-13(8-6-11)24-10-12(9-16(24)25)18(26)22-23-19(27)17-14(20)3-2-4-15(17)21/h2-8,12H,9-10H2,1H3,(H,22,26)(H,23,27)/t12-/m0/s1. The van der Waals surface area contributed by atoms with E-state index in [9.17, 15) is 23.2 Å². The molecule has 1 heterocycles. The molecule has 3 amide bonds. The van der Waals surface area contributed by atoms with Gasteiger partial charge in [0.25, 0.3) is 5.91 Å². The van der Waals surface area contributed by atoms with Gasteiger partial charge < -0.3 is 4.90 Å². The minimum Gasteiger partial charge on any atom is -0.312 e. The predicted molar refractivity (Wildman–Crippen MR) is 93.6 cm³/mol. The smallest absolute Gasteiger partial charge is 0.275 e. The molecule has 1 aliphatic rings. The average molecular weight is 373 g/mol. The van der Waals surface area contributed by atoms with Crippen molar-refractivity contribution in [3.63, 3.8) is 0 Å². The Labute approximate surface area is 154 Å². The number of carbonyl (C=O) groups excluding carboxylic acids is 3. The number of carbonyl (C=O) groups is 3. The molecule has 140 valence electrons. The second kappa shape index (κ2) is 7.53. The highest BCUT2D eigenvalue weighted by Crippen LogP contribution is 2.25. The highest BCUT2D eigenvalue weighted by molar-refractivity contribution is 6.01. The zero-order valence-electron chi connectivity index (χ0n) is 14.5. The third-order valence-corrected chi connectivity index (χ3v) is 4.33. The summed E-state index contributed by atoms with van der Waals surface area (Å²) in [5.41, 5.74) is 5.05. The number of aryl methyl sites for hydroxylation is 1. The summed E-state index contributed by atoms with van der Waals surface area (Å²) in [6.45, 7) is 2.07. The molecule has 0 unspecified atom stereocenters. The molecule has 0 saturated carbocycles. The van der Waals surface area contributed by atoms with Crippen LogP contribution in [0.5, 0.6) is 0 Å². The Hall–Kier alpha value is -3.29. The summed E-state index contributed by atoms with van der Waals surface area (Å²) in [5.74, 6) is -4.71. The van der Waals surface area contributed by atoms with Crippen molar-refractivity contribution < 1.29 is 23.2 Å². The molecular weight excluding hydrogens is 356 g/mol. The van der Waals surface area contributed by atoms with E-state index in [0.717, 1.165) is 23.8 Å². The lowest BCUT2D eigenvalue weighted by atomic mass is 10.1. The number of nitrogens with zero attached hydrogens (tertiary/aromatic N) is 1. The van der Waals surface area contributed by atoms with Crippen molar-refractivity contribution in [3.8, 4) is 0 Å². The Morgan fingerprint density at radius 3 is 2.30 bits per heavy atom. The van der Waals surface area contributed by atoms with Gasteiger partial charge in [-0.25, -0.2) is 8.78 Å². The highest BCUT2D eigenvalue weighted by Gasteiger charge is 2.35. The minimum absolute atomic E-state index is 0.0242. The van der Waals surface area contributed by atoms with E-state index in [1.165, 1.54) is 4.90 Å². The van der Waals surface area contributed by atoms with E-state index >= 15 is 0 Å². The first-order valence-electron chi connectivity index (χ1n) is 8.28. The van der Waals surface area contributed by atoms with Crippen LogP contribution in [0.3, 0.4) is 0 Å². The number of benzene rings is 2. The Balaban J connectivity index is 1.61. The van der Waals surface area contributed by atoms with Crippen LogP contribution in [0.4, 0.5) is 14.5 Å². The van der Waals surface area contributed by atoms with Crippen LogP contribution in [0.15, 0.2) is 42.5 Å². The fourth-order valence-corrected chi connectivity index (χ4v) is 2.86. The topological polar surface area (TPSA) is 78.5 Å². The van der Waals surface area contributed by atoms with E-state index < -0.39 is 34.9 Å². The maximum absolute atomic E-state index is 13.6. The third kappa shape index (κ3) is 3.94. The maximum atomic E-state index is 13.6. The summed E-state index contributed by atoms with van der Waals surface area (Å²) in [6, 6.07) is 10.3. The van der Waals surface area contributed by atoms with Crippen LogP contribution in [-0.4, -0.2) is 24.3 Å². The summed E-state index contributed by atoms with van der Waals surface area (Å²) < 4.78 is 27.2. The van der Waals surface area contributed by atoms with Crippen LogP contribution in [0.2, 0.25) is 0 Å². The molecular formula is C19H17F2N3O3. The normalized spacial score (nSPS) is 16.3. The summed E-state index contributed by atoms with van der Waals surface area (Å²) in [4.78, 5) is 37.8. The molecule has 8 heteroatoms. The quantitative estimate of drug-likeness (QED) is 0.809. The molecule has 3 rings (SSSR count). The lowest BCUT2D eigenvalue weighted by Crippen LogP contribution is -2.45. The number of hydrogen-bond acceptors (Lipinski definition) is 3. The molecule has 0 spiro atoms. The first kappa shape index (κ1) is 18.5. The molecule has 0 aliphatic carbocycles. The van der Waals surface area contributed by atoms with E-state index in [1.807, 2.05) is 24.5 Å². The average Bonchev–Trinajstić information content (AvgIpc) is 3.02. The monoisotopic (exact) mass is 373 g/mol. The van der Waals surface area contributed by atoms with Crippen molar-refractivity contribution in [1.82, 2.24) is 10.9 Å². The van der Waals surface area contributed by atoms with Gasteiger partial charge in [-0.2, -0.15) is 0 Å². The van der Waals surface area contributed by atoms with Crippen LogP contribution < -0.4 is 15.8 Å². The summed E-state index contributed by atoms with van der Waals surface area (Å²) in [7, 11) is 0. The lowest BCUT2D eigenvalue weighted by molar-refractivity contribution is -0.126. The van der Waals surface area contributed by atoms with Crippen LogP contribution >= 0.6 is 0 Å². The number of anilines is 1. The summed E-state index contributed by atoms with van der Waals surface area (Å²) >= 11 is 0. The van der Waals surface area contributed by atoms with Gasteiger partial charge in [-0.15, -0.1) is 0 Å². The van der Waals surface area contributed by atoms with Crippen LogP contribution in [0, 0.1) is 24.5 Å². The molecule has 1 saturated heterocycles. The van der Waals surface area contributed by atoms with E-state index in [-0.39, 0.29) is 18.9 Å². The number of hydrazine groups is 1. The van der Waals surface area contributed by atoms with E-state index in [4.69, 9.17) is 0 Å². The van der Waals surface area contributed by atoms with Gasteiger partial charge in [-0.3, -0.25) is 25.2 Å². The number of amides is 3. The maximum Gasteiger partial charge on any atom is 0.275 e. The first-order chi connectivity index (χ1) is 12.9. The molecule has 0 radical (unpaired) electrons. The van der Waals surface area contributed by atoms with E-state index in [1.54, 1.807) is 12.1 Å². The fourth-order valence-electron chi connectivity index (χ4n) is 2.86. The van der Waals surface area contributed by atoms with Crippen molar-refractivity contribution in [2.75, 3.05) is 11.4 Å². The molecule has 6 nitrogen and oxygen atoms in total. The molecule has 0 bridgehead atoms. The van der Waals surface area contributed by atoms with Crippen molar-refractivity contribution in [2.45, 2.75) is 13.3 Å². The largest absolute Gasteiger partial charge is 0.312 e. The number of hydrogen-bond donors (Lipinski definition) is 2. The van der Waals surface area contributed by atoms with Gasteiger partial charge in [0.2, 0.25) is 11.8 Å². The highest BCUT2D eigenvalue weighted by atomic mass is 19.1. The molecule has 1 aliphatic heterocycles. The third-order valence-electron chi connectivity index (χ3n) is 4.33. The predicted octanol–water partition coefficient (Wildman–Crippen LogP) is 2.09. The van der Waals surface area contributed by atoms with Crippen molar-refractivity contribution >= 4 is 23.4 Å². The molecule has 1 fully saturated rings. The van der Waals surface area contributed by atoms with Crippen LogP contribution in [0.25, 0.3) is 0 Å². The number of rotatable bonds is 3.